The minimum Gasteiger partial charge on any atom is -0.496 e. The first kappa shape index (κ1) is 47.0. The molecule has 286 valence electrons. The normalized spacial score (nSPS) is 10.3. The van der Waals surface area contributed by atoms with Gasteiger partial charge in [-0.2, -0.15) is 0 Å². The van der Waals surface area contributed by atoms with E-state index >= 15 is 0 Å². The van der Waals surface area contributed by atoms with Crippen molar-refractivity contribution in [3.8, 4) is 18.1 Å². The van der Waals surface area contributed by atoms with Gasteiger partial charge in [0.05, 0.1) is 30.1 Å². The summed E-state index contributed by atoms with van der Waals surface area (Å²) in [5.41, 5.74) is 8.37. The van der Waals surface area contributed by atoms with Crippen LogP contribution >= 0.6 is 11.6 Å². The molecule has 4 aromatic heterocycles. The molecule has 0 bridgehead atoms. The van der Waals surface area contributed by atoms with Crippen LogP contribution in [0.25, 0.3) is 4.85 Å². The van der Waals surface area contributed by atoms with Crippen LogP contribution in [0.1, 0.15) is 139 Å². The van der Waals surface area contributed by atoms with Crippen molar-refractivity contribution in [3.05, 3.63) is 153 Å². The monoisotopic (exact) mass is 745 g/mol. The van der Waals surface area contributed by atoms with Crippen LogP contribution in [0, 0.1) is 25.8 Å². The lowest BCUT2D eigenvalue weighted by Gasteiger charge is -2.21. The Morgan fingerprint density at radius 2 is 1.11 bits per heavy atom. The van der Waals surface area contributed by atoms with Gasteiger partial charge in [0.25, 0.3) is 0 Å². The fourth-order valence-corrected chi connectivity index (χ4v) is 5.48. The van der Waals surface area contributed by atoms with Crippen LogP contribution in [0.4, 0.5) is 5.69 Å². The summed E-state index contributed by atoms with van der Waals surface area (Å²) in [6.07, 6.45) is 12.4. The van der Waals surface area contributed by atoms with Gasteiger partial charge in [-0.1, -0.05) is 130 Å². The van der Waals surface area contributed by atoms with E-state index in [0.717, 1.165) is 33.4 Å². The maximum atomic E-state index is 6.86. The molecule has 54 heavy (non-hydrogen) atoms. The summed E-state index contributed by atoms with van der Waals surface area (Å²) in [6.45, 7) is 32.2. The summed E-state index contributed by atoms with van der Waals surface area (Å²) in [5, 5.41) is 0.762. The van der Waals surface area contributed by atoms with Crippen molar-refractivity contribution in [1.29, 1.82) is 0 Å². The first-order chi connectivity index (χ1) is 25.5. The van der Waals surface area contributed by atoms with Gasteiger partial charge >= 0.3 is 0 Å². The Labute approximate surface area is 331 Å². The van der Waals surface area contributed by atoms with Crippen LogP contribution in [0.2, 0.25) is 5.02 Å². The van der Waals surface area contributed by atoms with Gasteiger partial charge in [0.15, 0.2) is 0 Å². The maximum Gasteiger partial charge on any atom is 0.208 e. The number of nitrogens with zero attached hydrogens (tertiary/aromatic N) is 5. The van der Waals surface area contributed by atoms with Crippen molar-refractivity contribution < 1.29 is 4.74 Å². The Kier molecular flexibility index (Phi) is 21.1. The molecule has 0 fully saturated rings. The molecule has 0 radical (unpaired) electrons. The van der Waals surface area contributed by atoms with Crippen LogP contribution in [-0.4, -0.2) is 27.0 Å². The third-order valence-corrected chi connectivity index (χ3v) is 8.19. The molecule has 0 amide bonds. The van der Waals surface area contributed by atoms with E-state index in [-0.39, 0.29) is 5.41 Å². The zero-order valence-electron chi connectivity index (χ0n) is 34.6. The highest BCUT2D eigenvalue weighted by molar-refractivity contribution is 6.31. The second kappa shape index (κ2) is 24.3. The summed E-state index contributed by atoms with van der Waals surface area (Å²) in [6, 6.07) is 23.3. The van der Waals surface area contributed by atoms with E-state index < -0.39 is 0 Å². The van der Waals surface area contributed by atoms with E-state index in [1.807, 2.05) is 68.6 Å². The van der Waals surface area contributed by atoms with Crippen molar-refractivity contribution in [3.63, 3.8) is 0 Å². The van der Waals surface area contributed by atoms with Crippen molar-refractivity contribution in [2.75, 3.05) is 7.11 Å². The zero-order valence-corrected chi connectivity index (χ0v) is 35.4. The molecule has 1 aromatic carbocycles. The van der Waals surface area contributed by atoms with E-state index in [0.29, 0.717) is 29.4 Å². The van der Waals surface area contributed by atoms with Gasteiger partial charge in [0.2, 0.25) is 5.69 Å². The molecule has 4 heterocycles. The predicted molar refractivity (Wildman–Crippen MR) is 229 cm³/mol. The lowest BCUT2D eigenvalue weighted by molar-refractivity contribution is 0.397. The summed E-state index contributed by atoms with van der Waals surface area (Å²) in [5.74, 6) is 5.28. The molecule has 5 aromatic rings. The molecule has 0 saturated carbocycles. The number of rotatable bonds is 5. The van der Waals surface area contributed by atoms with Gasteiger partial charge in [0, 0.05) is 41.7 Å². The van der Waals surface area contributed by atoms with Crippen molar-refractivity contribution in [1.82, 2.24) is 19.9 Å². The molecule has 0 aliphatic carbocycles. The molecule has 0 spiro atoms. The highest BCUT2D eigenvalue weighted by Gasteiger charge is 2.17. The van der Waals surface area contributed by atoms with Gasteiger partial charge in [-0.05, 0) is 83.5 Å². The fraction of sp³-hybridized carbons (Fsp3) is 0.383. The number of terminal acetylenes is 1. The lowest BCUT2D eigenvalue weighted by atomic mass is 9.86. The SMILES string of the molecule is C#Cc1cccnc1C(C)C.CC(C)c1ncccc1Cl.COc1ccccc1C(C)(C)C.Cc1cccnc1C(C)C.[C-]#[N+]c1cccnc1C(C)C. The second-order valence-corrected chi connectivity index (χ2v) is 15.2. The van der Waals surface area contributed by atoms with E-state index in [4.69, 9.17) is 29.3 Å². The molecule has 0 N–H and O–H groups in total. The summed E-state index contributed by atoms with van der Waals surface area (Å²) < 4.78 is 5.27. The molecule has 0 saturated heterocycles. The standard InChI is InChI=1S/C11H16O.C10H11N.C9H10N2.C9H13N.C8H10ClN/c1-11(2,3)9-7-5-6-8-10(9)12-4;1-4-9-6-5-7-11-10(9)8(2)3;1-7(2)9-8(10-3)5-4-6-11-9;1-7(2)9-8(3)5-4-6-10-9;1-6(2)8-7(9)4-3-5-10-8/h5-8H,1-4H3;1,5-8H,2-3H3;4-7H,1-2H3;4-7H,1-3H3;3-6H,1-2H3. The number of aromatic nitrogens is 4. The number of methoxy groups -OCH3 is 1. The molecular weight excluding hydrogens is 686 g/mol. The minimum atomic E-state index is 0.159. The summed E-state index contributed by atoms with van der Waals surface area (Å²) >= 11 is 5.86. The average molecular weight is 746 g/mol. The van der Waals surface area contributed by atoms with Crippen molar-refractivity contribution in [2.24, 2.45) is 0 Å². The fourth-order valence-electron chi connectivity index (χ4n) is 5.14. The van der Waals surface area contributed by atoms with Gasteiger partial charge in [0.1, 0.15) is 5.75 Å². The third-order valence-electron chi connectivity index (χ3n) is 7.87. The van der Waals surface area contributed by atoms with E-state index in [1.165, 1.54) is 16.8 Å². The predicted octanol–water partition coefficient (Wildman–Crippen LogP) is 13.3. The smallest absolute Gasteiger partial charge is 0.208 e. The van der Waals surface area contributed by atoms with Gasteiger partial charge in [-0.15, -0.1) is 6.42 Å². The number of benzene rings is 1. The average Bonchev–Trinajstić information content (AvgIpc) is 3.15. The zero-order chi connectivity index (χ0) is 40.8. The molecule has 5 rings (SSSR count). The maximum absolute atomic E-state index is 6.86. The Balaban J connectivity index is 0.000000338. The Morgan fingerprint density at radius 1 is 0.648 bits per heavy atom. The van der Waals surface area contributed by atoms with Gasteiger partial charge in [-0.3, -0.25) is 19.9 Å². The number of hydrogen-bond acceptors (Lipinski definition) is 5. The van der Waals surface area contributed by atoms with E-state index in [1.54, 1.807) is 37.8 Å². The highest BCUT2D eigenvalue weighted by Crippen LogP contribution is 2.30. The molecule has 0 atom stereocenters. The lowest BCUT2D eigenvalue weighted by Crippen LogP contribution is -2.12. The number of para-hydroxylation sites is 1. The van der Waals surface area contributed by atoms with Crippen LogP contribution in [0.15, 0.2) is 97.6 Å². The largest absolute Gasteiger partial charge is 0.496 e. The minimum absolute atomic E-state index is 0.159. The Bertz CT molecular complexity index is 1800. The number of halogens is 1. The first-order valence-corrected chi connectivity index (χ1v) is 18.8. The Morgan fingerprint density at radius 3 is 1.48 bits per heavy atom. The quantitative estimate of drug-likeness (QED) is 0.132. The number of hydrogen-bond donors (Lipinski definition) is 0. The molecule has 0 aliphatic heterocycles. The molecule has 7 heteroatoms. The first-order valence-electron chi connectivity index (χ1n) is 18.4. The summed E-state index contributed by atoms with van der Waals surface area (Å²) in [4.78, 5) is 20.1. The summed E-state index contributed by atoms with van der Waals surface area (Å²) in [7, 11) is 1.71. The van der Waals surface area contributed by atoms with E-state index in [2.05, 4.69) is 112 Å². The highest BCUT2D eigenvalue weighted by atomic mass is 35.5. The molecular formula is C47H60ClN5O. The van der Waals surface area contributed by atoms with Gasteiger partial charge < -0.3 is 4.74 Å². The van der Waals surface area contributed by atoms with E-state index in [9.17, 15) is 0 Å². The molecule has 0 aliphatic rings. The third kappa shape index (κ3) is 16.3. The van der Waals surface area contributed by atoms with Crippen LogP contribution in [-0.2, 0) is 5.41 Å². The van der Waals surface area contributed by atoms with Crippen molar-refractivity contribution >= 4 is 17.3 Å². The van der Waals surface area contributed by atoms with Gasteiger partial charge in [-0.25, -0.2) is 4.85 Å². The number of aryl methyl sites for hydroxylation is 1. The Hall–Kier alpha value is -5.04. The second-order valence-electron chi connectivity index (χ2n) is 14.7. The topological polar surface area (TPSA) is 65.2 Å². The number of pyridine rings is 4. The molecule has 6 nitrogen and oxygen atoms in total. The van der Waals surface area contributed by atoms with Crippen LogP contribution in [0.3, 0.4) is 0 Å². The number of ether oxygens (including phenoxy) is 1. The van der Waals surface area contributed by atoms with Crippen LogP contribution in [0.5, 0.6) is 5.75 Å². The molecule has 0 unspecified atom stereocenters. The van der Waals surface area contributed by atoms with Crippen LogP contribution < -0.4 is 4.74 Å². The van der Waals surface area contributed by atoms with Crippen molar-refractivity contribution in [2.45, 2.75) is 112 Å².